The van der Waals surface area contributed by atoms with Crippen LogP contribution in [0.5, 0.6) is 5.75 Å². The quantitative estimate of drug-likeness (QED) is 0.151. The second-order valence-corrected chi connectivity index (χ2v) is 21.3. The molecular formula is C50H85FN6O15. The molecule has 0 spiro atoms. The summed E-state index contributed by atoms with van der Waals surface area (Å²) in [4.78, 5) is 36.4. The highest BCUT2D eigenvalue weighted by molar-refractivity contribution is 5.73. The number of carbonyl (C=O) groups is 1. The molecule has 3 aliphatic heterocycles. The van der Waals surface area contributed by atoms with Crippen molar-refractivity contribution in [3.63, 3.8) is 0 Å². The number of hydrogen-bond donors (Lipinski definition) is 5. The summed E-state index contributed by atoms with van der Waals surface area (Å²) in [6, 6.07) is 1.86. The Bertz CT molecular complexity index is 1920. The largest absolute Gasteiger partial charge is 0.493 e. The highest BCUT2D eigenvalue weighted by atomic mass is 19.1. The smallest absolute Gasteiger partial charge is 0.311 e. The van der Waals surface area contributed by atoms with E-state index in [0.29, 0.717) is 43.8 Å². The van der Waals surface area contributed by atoms with Crippen molar-refractivity contribution in [1.29, 1.82) is 0 Å². The lowest BCUT2D eigenvalue weighted by Gasteiger charge is -2.49. The van der Waals surface area contributed by atoms with E-state index in [1.807, 2.05) is 37.7 Å². The summed E-state index contributed by atoms with van der Waals surface area (Å²) in [6.45, 7) is 17.9. The summed E-state index contributed by atoms with van der Waals surface area (Å²) in [5.74, 6) is -2.20. The number of carbonyl (C=O) groups excluding carboxylic acids is 1. The number of halogens is 1. The summed E-state index contributed by atoms with van der Waals surface area (Å²) in [7, 11) is 5.21. The van der Waals surface area contributed by atoms with E-state index in [0.717, 1.165) is 0 Å². The molecule has 2 aromatic rings. The number of likely N-dealkylation sites (N-methyl/N-ethyl adjacent to an activating group) is 2. The number of pyridine rings is 1. The minimum Gasteiger partial charge on any atom is -0.493 e. The van der Waals surface area contributed by atoms with Crippen LogP contribution in [0.4, 0.5) is 4.39 Å². The lowest BCUT2D eigenvalue weighted by atomic mass is 9.77. The van der Waals surface area contributed by atoms with Crippen LogP contribution in [0.25, 0.3) is 0 Å². The summed E-state index contributed by atoms with van der Waals surface area (Å²) in [6.07, 6.45) is -3.50. The maximum Gasteiger partial charge on any atom is 0.311 e. The average Bonchev–Trinajstić information content (AvgIpc) is 3.82. The number of cyclic esters (lactones) is 1. The number of hydrogen-bond acceptors (Lipinski definition) is 20. The van der Waals surface area contributed by atoms with Crippen molar-refractivity contribution in [2.24, 2.45) is 17.8 Å². The van der Waals surface area contributed by atoms with Crippen LogP contribution in [0, 0.1) is 27.7 Å². The molecule has 0 aliphatic carbocycles. The van der Waals surface area contributed by atoms with Gasteiger partial charge >= 0.3 is 5.97 Å². The summed E-state index contributed by atoms with van der Waals surface area (Å²) in [5.41, 5.74) is -3.92. The second-order valence-electron chi connectivity index (χ2n) is 21.3. The number of methoxy groups -OCH3 is 1. The first-order chi connectivity index (χ1) is 33.9. The lowest BCUT2D eigenvalue weighted by molar-refractivity contribution is -0.318. The van der Waals surface area contributed by atoms with Gasteiger partial charge in [0.25, 0.3) is 0 Å². The Balaban J connectivity index is 0.00000555. The number of esters is 1. The first-order valence-corrected chi connectivity index (χ1v) is 25.3. The van der Waals surface area contributed by atoms with Crippen molar-refractivity contribution in [3.05, 3.63) is 46.3 Å². The molecule has 3 fully saturated rings. The van der Waals surface area contributed by atoms with E-state index in [1.165, 1.54) is 18.7 Å². The third kappa shape index (κ3) is 15.1. The van der Waals surface area contributed by atoms with Gasteiger partial charge in [0.2, 0.25) is 0 Å². The van der Waals surface area contributed by atoms with Gasteiger partial charge in [-0.15, -0.1) is 5.10 Å². The molecule has 21 nitrogen and oxygen atoms in total. The second kappa shape index (κ2) is 26.9. The van der Waals surface area contributed by atoms with Crippen LogP contribution in [0.3, 0.4) is 0 Å². The van der Waals surface area contributed by atoms with Crippen molar-refractivity contribution in [1.82, 2.24) is 29.8 Å². The summed E-state index contributed by atoms with van der Waals surface area (Å²) >= 11 is 0. The van der Waals surface area contributed by atoms with Crippen LogP contribution < -0.4 is 4.74 Å². The van der Waals surface area contributed by atoms with E-state index in [4.69, 9.17) is 43.1 Å². The predicted octanol–water partition coefficient (Wildman–Crippen LogP) is 3.55. The Morgan fingerprint density at radius 3 is 2.28 bits per heavy atom. The summed E-state index contributed by atoms with van der Waals surface area (Å²) < 4.78 is 59.7. The molecule has 5 N–H and O–H groups in total. The van der Waals surface area contributed by atoms with Gasteiger partial charge in [-0.25, -0.2) is 9.07 Å². The zero-order valence-corrected chi connectivity index (χ0v) is 44.6. The van der Waals surface area contributed by atoms with Crippen molar-refractivity contribution in [3.8, 4) is 5.75 Å². The molecule has 2 aromatic heterocycles. The Kier molecular flexibility index (Phi) is 22.8. The molecule has 19 atom stereocenters. The van der Waals surface area contributed by atoms with Gasteiger partial charge in [0.1, 0.15) is 42.4 Å². The molecule has 5 rings (SSSR count). The molecule has 72 heavy (non-hydrogen) atoms. The average molecular weight is 1030 g/mol. The van der Waals surface area contributed by atoms with E-state index in [1.54, 1.807) is 79.2 Å². The third-order valence-corrected chi connectivity index (χ3v) is 15.3. The highest BCUT2D eigenvalue weighted by Gasteiger charge is 2.53. The lowest BCUT2D eigenvalue weighted by Crippen LogP contribution is -2.61. The fraction of sp³-hybridized carbons (Fsp3) is 0.840. The monoisotopic (exact) mass is 1030 g/mol. The van der Waals surface area contributed by atoms with Crippen LogP contribution >= 0.6 is 0 Å². The Morgan fingerprint density at radius 1 is 0.986 bits per heavy atom. The molecule has 0 amide bonds. The molecule has 3 saturated heterocycles. The number of rotatable bonds is 16. The van der Waals surface area contributed by atoms with Crippen LogP contribution in [-0.2, 0) is 39.6 Å². The van der Waals surface area contributed by atoms with Gasteiger partial charge in [0.05, 0.1) is 59.9 Å². The Morgan fingerprint density at radius 2 is 1.65 bits per heavy atom. The first-order valence-electron chi connectivity index (χ1n) is 25.3. The van der Waals surface area contributed by atoms with Crippen LogP contribution in [0.1, 0.15) is 113 Å². The molecule has 3 aliphatic rings. The third-order valence-electron chi connectivity index (χ3n) is 15.3. The van der Waals surface area contributed by atoms with Crippen LogP contribution in [-0.4, -0.2) is 199 Å². The van der Waals surface area contributed by atoms with Crippen LogP contribution in [0.2, 0.25) is 0 Å². The molecule has 5 heterocycles. The number of aliphatic hydroxyl groups excluding tert-OH is 3. The highest BCUT2D eigenvalue weighted by Crippen LogP contribution is 2.40. The van der Waals surface area contributed by atoms with E-state index in [9.17, 15) is 34.7 Å². The molecule has 0 bridgehead atoms. The van der Waals surface area contributed by atoms with Gasteiger partial charge in [-0.05, 0) is 99.9 Å². The normalized spacial score (nSPS) is 39.2. The van der Waals surface area contributed by atoms with Gasteiger partial charge < -0.3 is 68.5 Å². The molecular weight excluding hydrogens is 944 g/mol. The molecule has 22 heteroatoms. The van der Waals surface area contributed by atoms with E-state index < -0.39 is 115 Å². The number of ether oxygens (including phenoxy) is 7. The Hall–Kier alpha value is -3.39. The van der Waals surface area contributed by atoms with Crippen molar-refractivity contribution >= 4 is 5.97 Å². The van der Waals surface area contributed by atoms with Gasteiger partial charge in [-0.2, -0.15) is 0 Å². The fourth-order valence-electron chi connectivity index (χ4n) is 10.8. The minimum absolute atomic E-state index is 0.0896. The number of nitrogens with zero attached hydrogens (tertiary/aromatic N) is 6. The summed E-state index contributed by atoms with van der Waals surface area (Å²) in [5, 5.41) is 68.1. The molecule has 0 saturated carbocycles. The molecule has 0 aromatic carbocycles. The van der Waals surface area contributed by atoms with Crippen molar-refractivity contribution < 1.29 is 67.9 Å². The van der Waals surface area contributed by atoms with E-state index in [2.05, 4.69) is 15.3 Å². The molecule has 0 unspecified atom stereocenters. The predicted molar refractivity (Wildman–Crippen MR) is 263 cm³/mol. The fourth-order valence-corrected chi connectivity index (χ4v) is 10.8. The van der Waals surface area contributed by atoms with Gasteiger partial charge in [-0.3, -0.25) is 9.78 Å². The van der Waals surface area contributed by atoms with Gasteiger partial charge in [0, 0.05) is 86.0 Å². The minimum atomic E-state index is -1.85. The van der Waals surface area contributed by atoms with E-state index >= 15 is 0 Å². The van der Waals surface area contributed by atoms with Gasteiger partial charge in [0.15, 0.2) is 12.6 Å². The first kappa shape index (κ1) is 61.2. The van der Waals surface area contributed by atoms with Crippen molar-refractivity contribution in [2.45, 2.75) is 204 Å². The molecule has 0 radical (unpaired) electrons. The number of aliphatic hydroxyl groups is 5. The number of alkyl halides is 1. The van der Waals surface area contributed by atoms with E-state index in [-0.39, 0.29) is 37.9 Å². The SMILES string of the molecule is CC[C@H]1OC(=O)[C@H](C)[C@@H](O[C@H]2C[C@@](C)(OC)[C@@H](O)[C@H](C)O2)[C@H](C)[C@@H](O[C@@H]2O[C@H](C)C[C@H](N(C)CCc3cn([C@H](CF)CCOc4ccncc4)nn3)[C@H]2O)[C@](C)(O)C[C@@H](C)CN(C)[C@H](C)[C@@H](O)[C@]1(C)O.O=O. The van der Waals surface area contributed by atoms with Crippen molar-refractivity contribution in [2.75, 3.05) is 47.6 Å². The topological polar surface area (TPSA) is 267 Å². The van der Waals surface area contributed by atoms with Crippen LogP contribution in [0.15, 0.2) is 30.7 Å². The number of aromatic nitrogens is 4. The zero-order valence-electron chi connectivity index (χ0n) is 44.6. The molecule has 412 valence electrons. The standard InChI is InChI=1S/C50H85FN6O13.O2/c1-14-39-50(10,63)43(59)33(6)56(12)27-29(2)24-48(8,62)45(31(4)42(32(5)46(61)68-39)69-40-25-49(9,64-13)44(60)34(7)67-40)70-47-41(58)38(23-30(3)66-47)55(11)21-17-35-28-57(54-53-35)36(26-51)18-22-65-37-15-19-52-20-16-37;1-2/h15-16,19-20,28-34,36,38-45,47,58-60,62-63H,14,17-18,21-27H2,1-13H3;/t29-,30-,31+,32-,33-,34+,36+,38+,39-,40+,41-,42+,43-,44+,45-,47+,48-,49-,50-;/m1./s1. The maximum atomic E-state index is 14.5. The Labute approximate surface area is 424 Å². The van der Waals surface area contributed by atoms with Gasteiger partial charge in [-0.1, -0.05) is 26.0 Å². The zero-order chi connectivity index (χ0) is 53.9. The maximum absolute atomic E-state index is 14.5.